The molecule has 2 amide bonds. The van der Waals surface area contributed by atoms with Gasteiger partial charge in [-0.2, -0.15) is 0 Å². The SMILES string of the molecule is CN1CCCC1CNC(=O)NOCC(=O)O. The zero-order valence-corrected chi connectivity index (χ0v) is 9.23. The van der Waals surface area contributed by atoms with Gasteiger partial charge in [0.2, 0.25) is 0 Å². The zero-order chi connectivity index (χ0) is 12.0. The predicted molar refractivity (Wildman–Crippen MR) is 55.8 cm³/mol. The van der Waals surface area contributed by atoms with Crippen molar-refractivity contribution in [3.63, 3.8) is 0 Å². The van der Waals surface area contributed by atoms with Crippen molar-refractivity contribution in [2.75, 3.05) is 26.7 Å². The average Bonchev–Trinajstić information content (AvgIpc) is 2.60. The lowest BCUT2D eigenvalue weighted by atomic mass is 10.2. The third kappa shape index (κ3) is 4.45. The number of likely N-dealkylation sites (tertiary alicyclic amines) is 1. The van der Waals surface area contributed by atoms with Crippen LogP contribution in [0, 0.1) is 0 Å². The van der Waals surface area contributed by atoms with Gasteiger partial charge < -0.3 is 15.3 Å². The Morgan fingerprint density at radius 3 is 2.88 bits per heavy atom. The minimum absolute atomic E-state index is 0.352. The Balaban J connectivity index is 2.08. The van der Waals surface area contributed by atoms with Crippen LogP contribution in [-0.2, 0) is 9.63 Å². The lowest BCUT2D eigenvalue weighted by Crippen LogP contribution is -2.43. The molecule has 0 bridgehead atoms. The first-order valence-corrected chi connectivity index (χ1v) is 5.17. The number of carboxylic acids is 1. The van der Waals surface area contributed by atoms with E-state index in [0.29, 0.717) is 12.6 Å². The van der Waals surface area contributed by atoms with Crippen LogP contribution in [0.15, 0.2) is 0 Å². The molecule has 16 heavy (non-hydrogen) atoms. The molecule has 7 heteroatoms. The third-order valence-corrected chi connectivity index (χ3v) is 2.53. The Morgan fingerprint density at radius 1 is 1.56 bits per heavy atom. The van der Waals surface area contributed by atoms with Gasteiger partial charge in [0, 0.05) is 12.6 Å². The molecule has 0 saturated carbocycles. The fourth-order valence-electron chi connectivity index (χ4n) is 1.65. The van der Waals surface area contributed by atoms with E-state index in [4.69, 9.17) is 5.11 Å². The lowest BCUT2D eigenvalue weighted by Gasteiger charge is -2.19. The van der Waals surface area contributed by atoms with Crippen LogP contribution in [0.1, 0.15) is 12.8 Å². The van der Waals surface area contributed by atoms with Crippen molar-refractivity contribution in [2.45, 2.75) is 18.9 Å². The summed E-state index contributed by atoms with van der Waals surface area (Å²) in [6, 6.07) is -0.160. The van der Waals surface area contributed by atoms with Crippen LogP contribution in [0.25, 0.3) is 0 Å². The molecule has 1 aliphatic heterocycles. The summed E-state index contributed by atoms with van der Waals surface area (Å²) in [5.41, 5.74) is 2.00. The number of likely N-dealkylation sites (N-methyl/N-ethyl adjacent to an activating group) is 1. The van der Waals surface area contributed by atoms with E-state index in [1.165, 1.54) is 0 Å². The molecule has 1 saturated heterocycles. The molecule has 92 valence electrons. The van der Waals surface area contributed by atoms with Gasteiger partial charge in [-0.25, -0.2) is 15.1 Å². The van der Waals surface area contributed by atoms with Gasteiger partial charge in [-0.3, -0.25) is 4.84 Å². The molecule has 0 aromatic carbocycles. The summed E-state index contributed by atoms with van der Waals surface area (Å²) in [5, 5.41) is 10.9. The van der Waals surface area contributed by atoms with E-state index in [-0.39, 0.29) is 0 Å². The van der Waals surface area contributed by atoms with Gasteiger partial charge in [0.05, 0.1) is 0 Å². The van der Waals surface area contributed by atoms with Crippen molar-refractivity contribution in [2.24, 2.45) is 0 Å². The van der Waals surface area contributed by atoms with E-state index in [9.17, 15) is 9.59 Å². The summed E-state index contributed by atoms with van der Waals surface area (Å²) in [6.45, 7) is 1.04. The Kier molecular flexibility index (Phi) is 5.00. The number of aliphatic carboxylic acids is 1. The van der Waals surface area contributed by atoms with Crippen molar-refractivity contribution in [3.8, 4) is 0 Å². The Hall–Kier alpha value is -1.34. The molecule has 0 aromatic rings. The van der Waals surface area contributed by atoms with Crippen molar-refractivity contribution in [1.29, 1.82) is 0 Å². The lowest BCUT2D eigenvalue weighted by molar-refractivity contribution is -0.144. The van der Waals surface area contributed by atoms with Crippen LogP contribution < -0.4 is 10.8 Å². The maximum atomic E-state index is 11.1. The molecular weight excluding hydrogens is 214 g/mol. The average molecular weight is 231 g/mol. The van der Waals surface area contributed by atoms with E-state index in [2.05, 4.69) is 15.1 Å². The van der Waals surface area contributed by atoms with Gasteiger partial charge in [-0.15, -0.1) is 0 Å². The summed E-state index contributed by atoms with van der Waals surface area (Å²) in [7, 11) is 2.01. The second-order valence-corrected chi connectivity index (χ2v) is 3.77. The molecule has 1 atom stereocenters. The number of nitrogens with zero attached hydrogens (tertiary/aromatic N) is 1. The molecule has 1 unspecified atom stereocenters. The smallest absolute Gasteiger partial charge is 0.338 e. The maximum absolute atomic E-state index is 11.1. The number of urea groups is 1. The van der Waals surface area contributed by atoms with Crippen molar-refractivity contribution < 1.29 is 19.5 Å². The predicted octanol–water partition coefficient (Wildman–Crippen LogP) is -0.604. The molecular formula is C9H17N3O4. The van der Waals surface area contributed by atoms with E-state index >= 15 is 0 Å². The number of carboxylic acid groups (broad SMARTS) is 1. The Labute approximate surface area is 93.7 Å². The van der Waals surface area contributed by atoms with E-state index < -0.39 is 18.6 Å². The molecule has 1 fully saturated rings. The second-order valence-electron chi connectivity index (χ2n) is 3.77. The van der Waals surface area contributed by atoms with Gasteiger partial charge in [0.1, 0.15) is 0 Å². The summed E-state index contributed by atoms with van der Waals surface area (Å²) in [5.74, 6) is -1.13. The number of carbonyl (C=O) groups excluding carboxylic acids is 1. The number of nitrogens with one attached hydrogen (secondary N) is 2. The van der Waals surface area contributed by atoms with Gasteiger partial charge in [0.15, 0.2) is 6.61 Å². The summed E-state index contributed by atoms with van der Waals surface area (Å²) in [6.07, 6.45) is 2.20. The second kappa shape index (κ2) is 6.29. The number of hydroxylamine groups is 1. The van der Waals surface area contributed by atoms with Gasteiger partial charge in [0.25, 0.3) is 0 Å². The molecule has 0 spiro atoms. The number of hydrogen-bond donors (Lipinski definition) is 3. The first-order chi connectivity index (χ1) is 7.59. The molecule has 1 rings (SSSR count). The van der Waals surface area contributed by atoms with Crippen molar-refractivity contribution >= 4 is 12.0 Å². The summed E-state index contributed by atoms with van der Waals surface area (Å²) >= 11 is 0. The van der Waals surface area contributed by atoms with Gasteiger partial charge >= 0.3 is 12.0 Å². The highest BCUT2D eigenvalue weighted by Gasteiger charge is 2.20. The highest BCUT2D eigenvalue weighted by atomic mass is 16.7. The Bertz CT molecular complexity index is 259. The number of carbonyl (C=O) groups is 2. The highest BCUT2D eigenvalue weighted by Crippen LogP contribution is 2.13. The standard InChI is InChI=1S/C9H17N3O4/c1-12-4-2-3-7(12)5-10-9(15)11-16-6-8(13)14/h7H,2-6H2,1H3,(H,13,14)(H2,10,11,15). The summed E-state index contributed by atoms with van der Waals surface area (Å²) < 4.78 is 0. The van der Waals surface area contributed by atoms with E-state index in [0.717, 1.165) is 19.4 Å². The highest BCUT2D eigenvalue weighted by molar-refractivity contribution is 5.73. The molecule has 0 radical (unpaired) electrons. The fourth-order valence-corrected chi connectivity index (χ4v) is 1.65. The molecule has 3 N–H and O–H groups in total. The molecule has 0 aliphatic carbocycles. The third-order valence-electron chi connectivity index (χ3n) is 2.53. The van der Waals surface area contributed by atoms with Crippen LogP contribution in [0.2, 0.25) is 0 Å². The topological polar surface area (TPSA) is 90.9 Å². The van der Waals surface area contributed by atoms with E-state index in [1.807, 2.05) is 12.5 Å². The molecule has 1 heterocycles. The van der Waals surface area contributed by atoms with E-state index in [1.54, 1.807) is 0 Å². The quantitative estimate of drug-likeness (QED) is 0.549. The van der Waals surface area contributed by atoms with Crippen LogP contribution in [0.4, 0.5) is 4.79 Å². The van der Waals surface area contributed by atoms with Crippen LogP contribution in [0.3, 0.4) is 0 Å². The minimum Gasteiger partial charge on any atom is -0.479 e. The monoisotopic (exact) mass is 231 g/mol. The number of amides is 2. The van der Waals surface area contributed by atoms with Crippen molar-refractivity contribution in [3.05, 3.63) is 0 Å². The number of rotatable bonds is 5. The van der Waals surface area contributed by atoms with Gasteiger partial charge in [-0.1, -0.05) is 0 Å². The number of hydrogen-bond acceptors (Lipinski definition) is 4. The molecule has 0 aromatic heterocycles. The largest absolute Gasteiger partial charge is 0.479 e. The molecule has 1 aliphatic rings. The Morgan fingerprint density at radius 2 is 2.31 bits per heavy atom. The van der Waals surface area contributed by atoms with Crippen LogP contribution in [0.5, 0.6) is 0 Å². The first kappa shape index (κ1) is 12.7. The molecule has 7 nitrogen and oxygen atoms in total. The van der Waals surface area contributed by atoms with Crippen LogP contribution >= 0.6 is 0 Å². The fraction of sp³-hybridized carbons (Fsp3) is 0.778. The normalized spacial score (nSPS) is 20.7. The minimum atomic E-state index is -1.13. The van der Waals surface area contributed by atoms with Crippen molar-refractivity contribution in [1.82, 2.24) is 15.7 Å². The van der Waals surface area contributed by atoms with Gasteiger partial charge in [-0.05, 0) is 26.4 Å². The first-order valence-electron chi connectivity index (χ1n) is 5.17. The maximum Gasteiger partial charge on any atom is 0.338 e. The van der Waals surface area contributed by atoms with Crippen LogP contribution in [-0.4, -0.2) is 54.8 Å². The summed E-state index contributed by atoms with van der Waals surface area (Å²) in [4.78, 5) is 27.8. The zero-order valence-electron chi connectivity index (χ0n) is 9.23.